The highest BCUT2D eigenvalue weighted by Crippen LogP contribution is 2.16. The van der Waals surface area contributed by atoms with Crippen LogP contribution in [0.3, 0.4) is 0 Å². The average molecular weight is 341 g/mol. The van der Waals surface area contributed by atoms with Gasteiger partial charge in [0.1, 0.15) is 17.8 Å². The van der Waals surface area contributed by atoms with Crippen LogP contribution in [0.1, 0.15) is 23.3 Å². The molecular formula is C14H23N5O3S. The van der Waals surface area contributed by atoms with Crippen molar-refractivity contribution in [1.29, 1.82) is 0 Å². The quantitative estimate of drug-likeness (QED) is 0.659. The van der Waals surface area contributed by atoms with Gasteiger partial charge in [0, 0.05) is 18.7 Å². The van der Waals surface area contributed by atoms with E-state index in [1.165, 1.54) is 6.33 Å². The number of hydrogen-bond donors (Lipinski definition) is 2. The van der Waals surface area contributed by atoms with Gasteiger partial charge >= 0.3 is 0 Å². The maximum absolute atomic E-state index is 12.0. The summed E-state index contributed by atoms with van der Waals surface area (Å²) in [6.45, 7) is 1.47. The number of hydrogen-bond acceptors (Lipinski definition) is 7. The summed E-state index contributed by atoms with van der Waals surface area (Å²) in [7, 11) is 1.01. The van der Waals surface area contributed by atoms with E-state index in [0.29, 0.717) is 18.8 Å². The van der Waals surface area contributed by atoms with E-state index in [0.717, 1.165) is 13.0 Å². The standard InChI is InChI=1S/C14H23N5O3S/c1-19(2)6-3-5-15-14(20)12-8-13(17-10-16-12)18-11-4-7-23(21,22)9-11/h8,10-11H,3-7,9H2,1-2H3,(H,15,20)(H,16,17,18). The summed E-state index contributed by atoms with van der Waals surface area (Å²) in [5.41, 5.74) is 0.271. The number of nitrogens with one attached hydrogen (secondary N) is 2. The Morgan fingerprint density at radius 1 is 1.39 bits per heavy atom. The molecule has 1 aromatic heterocycles. The van der Waals surface area contributed by atoms with Gasteiger partial charge in [-0.15, -0.1) is 0 Å². The highest BCUT2D eigenvalue weighted by Gasteiger charge is 2.28. The van der Waals surface area contributed by atoms with Gasteiger partial charge in [-0.25, -0.2) is 18.4 Å². The molecule has 1 unspecified atom stereocenters. The van der Waals surface area contributed by atoms with Crippen molar-refractivity contribution in [2.45, 2.75) is 18.9 Å². The Kier molecular flexibility index (Phi) is 5.89. The Labute approximate surface area is 136 Å². The maximum Gasteiger partial charge on any atom is 0.270 e. The van der Waals surface area contributed by atoms with Crippen LogP contribution in [0, 0.1) is 0 Å². The van der Waals surface area contributed by atoms with Gasteiger partial charge in [0.15, 0.2) is 9.84 Å². The van der Waals surface area contributed by atoms with Gasteiger partial charge < -0.3 is 15.5 Å². The molecule has 128 valence electrons. The molecule has 1 amide bonds. The number of nitrogens with zero attached hydrogens (tertiary/aromatic N) is 3. The van der Waals surface area contributed by atoms with E-state index in [9.17, 15) is 13.2 Å². The fourth-order valence-electron chi connectivity index (χ4n) is 2.37. The average Bonchev–Trinajstić information content (AvgIpc) is 2.82. The molecule has 2 rings (SSSR count). The fraction of sp³-hybridized carbons (Fsp3) is 0.643. The normalized spacial score (nSPS) is 19.7. The van der Waals surface area contributed by atoms with E-state index in [-0.39, 0.29) is 29.1 Å². The second-order valence-corrected chi connectivity index (χ2v) is 8.17. The van der Waals surface area contributed by atoms with Crippen LogP contribution >= 0.6 is 0 Å². The SMILES string of the molecule is CN(C)CCCNC(=O)c1cc(NC2CCS(=O)(=O)C2)ncn1. The van der Waals surface area contributed by atoms with Crippen LogP contribution in [0.25, 0.3) is 0 Å². The molecule has 0 saturated carbocycles. The van der Waals surface area contributed by atoms with E-state index < -0.39 is 9.84 Å². The summed E-state index contributed by atoms with van der Waals surface area (Å²) in [6, 6.07) is 1.39. The lowest BCUT2D eigenvalue weighted by molar-refractivity contribution is 0.0947. The molecule has 1 fully saturated rings. The molecule has 2 heterocycles. The number of sulfone groups is 1. The first-order valence-corrected chi connectivity index (χ1v) is 9.40. The summed E-state index contributed by atoms with van der Waals surface area (Å²) < 4.78 is 22.9. The molecule has 2 N–H and O–H groups in total. The lowest BCUT2D eigenvalue weighted by atomic mass is 10.2. The molecule has 8 nitrogen and oxygen atoms in total. The zero-order chi connectivity index (χ0) is 16.9. The number of anilines is 1. The molecule has 1 aromatic rings. The molecule has 0 radical (unpaired) electrons. The van der Waals surface area contributed by atoms with Gasteiger partial charge in [-0.05, 0) is 33.5 Å². The van der Waals surface area contributed by atoms with Gasteiger partial charge in [0.25, 0.3) is 5.91 Å². The minimum atomic E-state index is -2.95. The van der Waals surface area contributed by atoms with Gasteiger partial charge in [-0.2, -0.15) is 0 Å². The van der Waals surface area contributed by atoms with Crippen molar-refractivity contribution in [2.75, 3.05) is 44.0 Å². The number of amides is 1. The lowest BCUT2D eigenvalue weighted by Gasteiger charge is -2.12. The maximum atomic E-state index is 12.0. The minimum absolute atomic E-state index is 0.100. The Morgan fingerprint density at radius 2 is 2.17 bits per heavy atom. The Balaban J connectivity index is 1.88. The second kappa shape index (κ2) is 7.69. The summed E-state index contributed by atoms with van der Waals surface area (Å²) in [5.74, 6) is 0.506. The second-order valence-electron chi connectivity index (χ2n) is 5.95. The Hall–Kier alpha value is -1.74. The van der Waals surface area contributed by atoms with E-state index in [1.54, 1.807) is 6.07 Å². The highest BCUT2D eigenvalue weighted by molar-refractivity contribution is 7.91. The van der Waals surface area contributed by atoms with Crippen molar-refractivity contribution in [3.05, 3.63) is 18.1 Å². The number of aromatic nitrogens is 2. The predicted molar refractivity (Wildman–Crippen MR) is 88.2 cm³/mol. The lowest BCUT2D eigenvalue weighted by Crippen LogP contribution is -2.28. The van der Waals surface area contributed by atoms with Gasteiger partial charge in [0.2, 0.25) is 0 Å². The van der Waals surface area contributed by atoms with Crippen LogP contribution in [0.4, 0.5) is 5.82 Å². The summed E-state index contributed by atoms with van der Waals surface area (Å²) in [4.78, 5) is 22.1. The minimum Gasteiger partial charge on any atom is -0.366 e. The molecule has 1 saturated heterocycles. The smallest absolute Gasteiger partial charge is 0.270 e. The number of rotatable bonds is 7. The van der Waals surface area contributed by atoms with Crippen LogP contribution in [0.15, 0.2) is 12.4 Å². The van der Waals surface area contributed by atoms with Gasteiger partial charge in [-0.1, -0.05) is 0 Å². The largest absolute Gasteiger partial charge is 0.366 e. The van der Waals surface area contributed by atoms with Crippen LogP contribution in [0.5, 0.6) is 0 Å². The monoisotopic (exact) mass is 341 g/mol. The number of carbonyl (C=O) groups is 1. The first-order chi connectivity index (χ1) is 10.9. The van der Waals surface area contributed by atoms with Crippen molar-refractivity contribution >= 4 is 21.6 Å². The van der Waals surface area contributed by atoms with E-state index in [1.807, 2.05) is 14.1 Å². The topological polar surface area (TPSA) is 104 Å². The molecular weight excluding hydrogens is 318 g/mol. The van der Waals surface area contributed by atoms with Crippen LogP contribution in [-0.2, 0) is 9.84 Å². The zero-order valence-corrected chi connectivity index (χ0v) is 14.3. The molecule has 23 heavy (non-hydrogen) atoms. The van der Waals surface area contributed by atoms with Crippen LogP contribution in [0.2, 0.25) is 0 Å². The van der Waals surface area contributed by atoms with Crippen molar-refractivity contribution in [3.8, 4) is 0 Å². The van der Waals surface area contributed by atoms with Crippen molar-refractivity contribution < 1.29 is 13.2 Å². The highest BCUT2D eigenvalue weighted by atomic mass is 32.2. The van der Waals surface area contributed by atoms with Gasteiger partial charge in [-0.3, -0.25) is 4.79 Å². The predicted octanol–water partition coefficient (Wildman–Crippen LogP) is -0.243. The van der Waals surface area contributed by atoms with Crippen molar-refractivity contribution in [3.63, 3.8) is 0 Å². The first-order valence-electron chi connectivity index (χ1n) is 7.58. The molecule has 0 aromatic carbocycles. The van der Waals surface area contributed by atoms with E-state index >= 15 is 0 Å². The van der Waals surface area contributed by atoms with Crippen molar-refractivity contribution in [1.82, 2.24) is 20.2 Å². The Morgan fingerprint density at radius 3 is 2.83 bits per heavy atom. The zero-order valence-electron chi connectivity index (χ0n) is 13.4. The molecule has 0 bridgehead atoms. The molecule has 1 aliphatic rings. The summed E-state index contributed by atoms with van der Waals surface area (Å²) >= 11 is 0. The van der Waals surface area contributed by atoms with Crippen LogP contribution in [-0.4, -0.2) is 73.9 Å². The molecule has 1 atom stereocenters. The summed E-state index contributed by atoms with van der Waals surface area (Å²) in [5, 5.41) is 5.87. The van der Waals surface area contributed by atoms with Crippen molar-refractivity contribution in [2.24, 2.45) is 0 Å². The molecule has 0 spiro atoms. The van der Waals surface area contributed by atoms with E-state index in [4.69, 9.17) is 0 Å². The third-order valence-corrected chi connectivity index (χ3v) is 5.32. The van der Waals surface area contributed by atoms with E-state index in [2.05, 4.69) is 25.5 Å². The first kappa shape index (κ1) is 17.6. The van der Waals surface area contributed by atoms with Gasteiger partial charge in [0.05, 0.1) is 11.5 Å². The molecule has 1 aliphatic heterocycles. The third kappa shape index (κ3) is 5.76. The third-order valence-electron chi connectivity index (χ3n) is 3.55. The Bertz CT molecular complexity index is 648. The molecule has 9 heteroatoms. The fourth-order valence-corrected chi connectivity index (χ4v) is 4.04. The molecule has 0 aliphatic carbocycles. The summed E-state index contributed by atoms with van der Waals surface area (Å²) in [6.07, 6.45) is 2.72. The van der Waals surface area contributed by atoms with Crippen LogP contribution < -0.4 is 10.6 Å². The number of carbonyl (C=O) groups excluding carboxylic acids is 1.